The topological polar surface area (TPSA) is 26.3 Å². The molecule has 0 radical (unpaired) electrons. The molecule has 2 rings (SSSR count). The highest BCUT2D eigenvalue weighted by molar-refractivity contribution is 5.55. The monoisotopic (exact) mass is 260 g/mol. The van der Waals surface area contributed by atoms with Gasteiger partial charge in [0, 0.05) is 13.0 Å². The zero-order chi connectivity index (χ0) is 13.5. The van der Waals surface area contributed by atoms with Crippen molar-refractivity contribution in [2.75, 3.05) is 7.11 Å². The molecular weight excluding hydrogens is 236 g/mol. The standard InChI is InChI=1S/C17H24O2/c1-19-13-16-10-6-5-9-15(16)11-17(12-18)14-7-3-2-4-8-14/h5-6,9-10,12,14,17H,2-4,7-8,11,13H2,1H3. The van der Waals surface area contributed by atoms with Crippen LogP contribution in [-0.4, -0.2) is 13.4 Å². The zero-order valence-electron chi connectivity index (χ0n) is 11.8. The van der Waals surface area contributed by atoms with Crippen molar-refractivity contribution in [1.82, 2.24) is 0 Å². The number of benzene rings is 1. The molecule has 0 saturated heterocycles. The first-order valence-electron chi connectivity index (χ1n) is 7.36. The molecule has 2 heteroatoms. The average Bonchev–Trinajstić information content (AvgIpc) is 2.47. The van der Waals surface area contributed by atoms with Crippen LogP contribution in [0.5, 0.6) is 0 Å². The maximum Gasteiger partial charge on any atom is 0.123 e. The van der Waals surface area contributed by atoms with E-state index >= 15 is 0 Å². The molecular formula is C17H24O2. The summed E-state index contributed by atoms with van der Waals surface area (Å²) in [5, 5.41) is 0. The molecule has 0 aliphatic heterocycles. The smallest absolute Gasteiger partial charge is 0.123 e. The van der Waals surface area contributed by atoms with Gasteiger partial charge in [-0.1, -0.05) is 43.5 Å². The summed E-state index contributed by atoms with van der Waals surface area (Å²) >= 11 is 0. The minimum absolute atomic E-state index is 0.179. The van der Waals surface area contributed by atoms with Gasteiger partial charge in [-0.25, -0.2) is 0 Å². The average molecular weight is 260 g/mol. The molecule has 0 aromatic heterocycles. The number of hydrogen-bond acceptors (Lipinski definition) is 2. The third-order valence-electron chi connectivity index (χ3n) is 4.30. The van der Waals surface area contributed by atoms with Crippen LogP contribution >= 0.6 is 0 Å². The SMILES string of the molecule is COCc1ccccc1CC(C=O)C1CCCCC1. The predicted octanol–water partition coefficient (Wildman–Crippen LogP) is 3.77. The van der Waals surface area contributed by atoms with E-state index in [4.69, 9.17) is 4.74 Å². The van der Waals surface area contributed by atoms with Crippen LogP contribution in [0.15, 0.2) is 24.3 Å². The summed E-state index contributed by atoms with van der Waals surface area (Å²) in [7, 11) is 1.72. The molecule has 0 bridgehead atoms. The maximum absolute atomic E-state index is 11.4. The number of ether oxygens (including phenoxy) is 1. The Hall–Kier alpha value is -1.15. The molecule has 0 N–H and O–H groups in total. The lowest BCUT2D eigenvalue weighted by molar-refractivity contribution is -0.112. The first-order valence-corrected chi connectivity index (χ1v) is 7.36. The summed E-state index contributed by atoms with van der Waals surface area (Å²) in [6, 6.07) is 8.32. The number of aldehydes is 1. The fourth-order valence-electron chi connectivity index (χ4n) is 3.20. The van der Waals surface area contributed by atoms with E-state index < -0.39 is 0 Å². The molecule has 19 heavy (non-hydrogen) atoms. The normalized spacial score (nSPS) is 18.2. The zero-order valence-corrected chi connectivity index (χ0v) is 11.8. The highest BCUT2D eigenvalue weighted by atomic mass is 16.5. The van der Waals surface area contributed by atoms with E-state index in [2.05, 4.69) is 18.2 Å². The van der Waals surface area contributed by atoms with Crippen molar-refractivity contribution < 1.29 is 9.53 Å². The maximum atomic E-state index is 11.4. The highest BCUT2D eigenvalue weighted by Gasteiger charge is 2.24. The van der Waals surface area contributed by atoms with Crippen molar-refractivity contribution in [2.24, 2.45) is 11.8 Å². The summed E-state index contributed by atoms with van der Waals surface area (Å²) < 4.78 is 5.24. The van der Waals surface area contributed by atoms with Gasteiger partial charge in [0.2, 0.25) is 0 Å². The molecule has 1 atom stereocenters. The summed E-state index contributed by atoms with van der Waals surface area (Å²) in [5.74, 6) is 0.764. The minimum atomic E-state index is 0.179. The van der Waals surface area contributed by atoms with Crippen LogP contribution in [0.25, 0.3) is 0 Å². The summed E-state index contributed by atoms with van der Waals surface area (Å²) in [6.45, 7) is 0.631. The second kappa shape index (κ2) is 7.44. The van der Waals surface area contributed by atoms with Crippen LogP contribution in [0, 0.1) is 11.8 Å². The van der Waals surface area contributed by atoms with Crippen molar-refractivity contribution in [3.05, 3.63) is 35.4 Å². The Balaban J connectivity index is 2.06. The van der Waals surface area contributed by atoms with Crippen LogP contribution in [0.3, 0.4) is 0 Å². The third kappa shape index (κ3) is 3.90. The number of rotatable bonds is 6. The largest absolute Gasteiger partial charge is 0.380 e. The van der Waals surface area contributed by atoms with E-state index in [9.17, 15) is 4.79 Å². The van der Waals surface area contributed by atoms with E-state index in [-0.39, 0.29) is 5.92 Å². The molecule has 0 spiro atoms. The molecule has 1 aromatic rings. The van der Waals surface area contributed by atoms with Gasteiger partial charge in [-0.15, -0.1) is 0 Å². The van der Waals surface area contributed by atoms with E-state index in [0.29, 0.717) is 12.5 Å². The fraction of sp³-hybridized carbons (Fsp3) is 0.588. The molecule has 0 heterocycles. The molecule has 1 aromatic carbocycles. The fourth-order valence-corrected chi connectivity index (χ4v) is 3.20. The number of carbonyl (C=O) groups is 1. The van der Waals surface area contributed by atoms with E-state index in [1.54, 1.807) is 7.11 Å². The van der Waals surface area contributed by atoms with Crippen LogP contribution in [0.2, 0.25) is 0 Å². The molecule has 2 nitrogen and oxygen atoms in total. The van der Waals surface area contributed by atoms with Gasteiger partial charge in [0.25, 0.3) is 0 Å². The quantitative estimate of drug-likeness (QED) is 0.728. The molecule has 1 aliphatic rings. The second-order valence-corrected chi connectivity index (χ2v) is 5.60. The Kier molecular flexibility index (Phi) is 5.59. The Morgan fingerprint density at radius 3 is 2.53 bits per heavy atom. The lowest BCUT2D eigenvalue weighted by Gasteiger charge is -2.27. The van der Waals surface area contributed by atoms with Gasteiger partial charge in [0.05, 0.1) is 6.61 Å². The van der Waals surface area contributed by atoms with E-state index in [1.807, 2.05) is 6.07 Å². The first-order chi connectivity index (χ1) is 9.35. The van der Waals surface area contributed by atoms with Crippen molar-refractivity contribution in [1.29, 1.82) is 0 Å². The van der Waals surface area contributed by atoms with Crippen LogP contribution in [-0.2, 0) is 22.6 Å². The number of hydrogen-bond donors (Lipinski definition) is 0. The lowest BCUT2D eigenvalue weighted by Crippen LogP contribution is -2.21. The third-order valence-corrected chi connectivity index (χ3v) is 4.30. The number of carbonyl (C=O) groups excluding carboxylic acids is 1. The van der Waals surface area contributed by atoms with E-state index in [0.717, 1.165) is 6.42 Å². The van der Waals surface area contributed by atoms with Gasteiger partial charge in [-0.2, -0.15) is 0 Å². The Morgan fingerprint density at radius 2 is 1.89 bits per heavy atom. The lowest BCUT2D eigenvalue weighted by atomic mass is 9.77. The first kappa shape index (κ1) is 14.3. The Morgan fingerprint density at radius 1 is 1.21 bits per heavy atom. The summed E-state index contributed by atoms with van der Waals surface area (Å²) in [6.07, 6.45) is 8.39. The van der Waals surface area contributed by atoms with Crippen LogP contribution in [0.1, 0.15) is 43.2 Å². The molecule has 1 fully saturated rings. The van der Waals surface area contributed by atoms with Crippen molar-refractivity contribution in [2.45, 2.75) is 45.1 Å². The Labute approximate surface area is 116 Å². The van der Waals surface area contributed by atoms with Gasteiger partial charge in [-0.3, -0.25) is 0 Å². The van der Waals surface area contributed by atoms with Crippen molar-refractivity contribution in [3.63, 3.8) is 0 Å². The molecule has 1 aliphatic carbocycles. The van der Waals surface area contributed by atoms with Crippen molar-refractivity contribution >= 4 is 6.29 Å². The molecule has 0 amide bonds. The highest BCUT2D eigenvalue weighted by Crippen LogP contribution is 2.31. The number of methoxy groups -OCH3 is 1. The van der Waals surface area contributed by atoms with E-state index in [1.165, 1.54) is 49.5 Å². The van der Waals surface area contributed by atoms with Crippen molar-refractivity contribution in [3.8, 4) is 0 Å². The van der Waals surface area contributed by atoms with Crippen LogP contribution in [0.4, 0.5) is 0 Å². The summed E-state index contributed by atoms with van der Waals surface area (Å²) in [5.41, 5.74) is 2.49. The van der Waals surface area contributed by atoms with Gasteiger partial charge >= 0.3 is 0 Å². The van der Waals surface area contributed by atoms with Gasteiger partial charge in [-0.05, 0) is 36.3 Å². The second-order valence-electron chi connectivity index (χ2n) is 5.60. The van der Waals surface area contributed by atoms with Crippen LogP contribution < -0.4 is 0 Å². The minimum Gasteiger partial charge on any atom is -0.380 e. The molecule has 1 saturated carbocycles. The molecule has 104 valence electrons. The summed E-state index contributed by atoms with van der Waals surface area (Å²) in [4.78, 5) is 11.4. The Bertz CT molecular complexity index is 394. The predicted molar refractivity (Wildman–Crippen MR) is 77.0 cm³/mol. The van der Waals surface area contributed by atoms with Gasteiger partial charge < -0.3 is 9.53 Å². The molecule has 1 unspecified atom stereocenters. The van der Waals surface area contributed by atoms with Gasteiger partial charge in [0.15, 0.2) is 0 Å². The van der Waals surface area contributed by atoms with Gasteiger partial charge in [0.1, 0.15) is 6.29 Å².